The lowest BCUT2D eigenvalue weighted by atomic mass is 10.00. The maximum Gasteiger partial charge on any atom is 0.349 e. The van der Waals surface area contributed by atoms with Crippen LogP contribution in [0.4, 0.5) is 0 Å². The highest BCUT2D eigenvalue weighted by Crippen LogP contribution is 2.19. The summed E-state index contributed by atoms with van der Waals surface area (Å²) in [4.78, 5) is 10.9. The Morgan fingerprint density at radius 1 is 1.40 bits per heavy atom. The molecule has 15 heavy (non-hydrogen) atoms. The van der Waals surface area contributed by atoms with Gasteiger partial charge in [-0.05, 0) is 37.5 Å². The SMILES string of the molecule is C/C(=C\C(=O)OCl)c1ccc(C)cc1C. The van der Waals surface area contributed by atoms with Gasteiger partial charge >= 0.3 is 5.97 Å². The molecular formula is C12H13ClO2. The van der Waals surface area contributed by atoms with E-state index >= 15 is 0 Å². The Bertz CT molecular complexity index is 408. The van der Waals surface area contributed by atoms with Crippen LogP contribution in [-0.2, 0) is 9.08 Å². The van der Waals surface area contributed by atoms with Crippen LogP contribution in [0.3, 0.4) is 0 Å². The standard InChI is InChI=1S/C12H13ClO2/c1-8-4-5-11(9(2)6-8)10(3)7-12(14)15-13/h4-7H,1-3H3/b10-7+. The third-order valence-electron chi connectivity index (χ3n) is 2.22. The molecule has 1 aromatic rings. The minimum Gasteiger partial charge on any atom is -0.344 e. The van der Waals surface area contributed by atoms with Gasteiger partial charge in [0.1, 0.15) is 11.9 Å². The van der Waals surface area contributed by atoms with Gasteiger partial charge in [-0.25, -0.2) is 4.79 Å². The Balaban J connectivity index is 3.06. The van der Waals surface area contributed by atoms with Crippen LogP contribution in [0.15, 0.2) is 24.3 Å². The van der Waals surface area contributed by atoms with Crippen molar-refractivity contribution >= 4 is 23.4 Å². The summed E-state index contributed by atoms with van der Waals surface area (Å²) < 4.78 is 4.06. The molecule has 1 rings (SSSR count). The summed E-state index contributed by atoms with van der Waals surface area (Å²) in [7, 11) is 0. The molecule has 0 bridgehead atoms. The maximum absolute atomic E-state index is 10.9. The lowest BCUT2D eigenvalue weighted by Gasteiger charge is -2.06. The quantitative estimate of drug-likeness (QED) is 0.720. The normalized spacial score (nSPS) is 11.3. The van der Waals surface area contributed by atoms with Gasteiger partial charge in [0, 0.05) is 6.08 Å². The second kappa shape index (κ2) is 4.99. The van der Waals surface area contributed by atoms with Gasteiger partial charge in [0.15, 0.2) is 0 Å². The van der Waals surface area contributed by atoms with Crippen molar-refractivity contribution in [3.63, 3.8) is 0 Å². The Hall–Kier alpha value is -1.28. The smallest absolute Gasteiger partial charge is 0.344 e. The molecule has 0 unspecified atom stereocenters. The van der Waals surface area contributed by atoms with Crippen LogP contribution in [-0.4, -0.2) is 5.97 Å². The van der Waals surface area contributed by atoms with Crippen LogP contribution < -0.4 is 0 Å². The molecule has 0 aromatic heterocycles. The Kier molecular flexibility index (Phi) is 3.92. The summed E-state index contributed by atoms with van der Waals surface area (Å²) >= 11 is 4.95. The second-order valence-electron chi connectivity index (χ2n) is 3.54. The summed E-state index contributed by atoms with van der Waals surface area (Å²) in [6.45, 7) is 5.89. The first-order valence-electron chi connectivity index (χ1n) is 4.63. The zero-order chi connectivity index (χ0) is 11.4. The zero-order valence-electron chi connectivity index (χ0n) is 9.00. The fourth-order valence-electron chi connectivity index (χ4n) is 1.53. The topological polar surface area (TPSA) is 26.3 Å². The summed E-state index contributed by atoms with van der Waals surface area (Å²) in [5.74, 6) is -0.547. The average molecular weight is 225 g/mol. The number of rotatable bonds is 2. The van der Waals surface area contributed by atoms with Crippen LogP contribution in [0.25, 0.3) is 5.57 Å². The third-order valence-corrected chi connectivity index (χ3v) is 2.37. The predicted octanol–water partition coefficient (Wildman–Crippen LogP) is 3.40. The van der Waals surface area contributed by atoms with E-state index in [2.05, 4.69) is 10.4 Å². The van der Waals surface area contributed by atoms with Gasteiger partial charge in [0.2, 0.25) is 0 Å². The number of allylic oxidation sites excluding steroid dienone is 1. The fraction of sp³-hybridized carbons (Fsp3) is 0.250. The van der Waals surface area contributed by atoms with Gasteiger partial charge in [0.05, 0.1) is 0 Å². The van der Waals surface area contributed by atoms with Crippen LogP contribution in [0.5, 0.6) is 0 Å². The van der Waals surface area contributed by atoms with Gasteiger partial charge in [-0.15, -0.1) is 0 Å². The largest absolute Gasteiger partial charge is 0.349 e. The third kappa shape index (κ3) is 3.10. The minimum atomic E-state index is -0.547. The first-order valence-corrected chi connectivity index (χ1v) is 4.94. The molecule has 0 fully saturated rings. The molecule has 0 aliphatic heterocycles. The van der Waals surface area contributed by atoms with Gasteiger partial charge in [-0.2, -0.15) is 0 Å². The molecule has 0 aliphatic carbocycles. The molecule has 80 valence electrons. The molecule has 2 nitrogen and oxygen atoms in total. The van der Waals surface area contributed by atoms with E-state index in [4.69, 9.17) is 11.9 Å². The molecule has 0 aliphatic rings. The van der Waals surface area contributed by atoms with E-state index in [0.29, 0.717) is 0 Å². The lowest BCUT2D eigenvalue weighted by Crippen LogP contribution is -1.94. The summed E-state index contributed by atoms with van der Waals surface area (Å²) in [5, 5.41) is 0. The number of carbonyl (C=O) groups is 1. The van der Waals surface area contributed by atoms with Gasteiger partial charge in [-0.3, -0.25) is 0 Å². The van der Waals surface area contributed by atoms with Gasteiger partial charge < -0.3 is 4.29 Å². The lowest BCUT2D eigenvalue weighted by molar-refractivity contribution is -0.128. The Morgan fingerprint density at radius 3 is 2.60 bits per heavy atom. The average Bonchev–Trinajstić information content (AvgIpc) is 2.17. The van der Waals surface area contributed by atoms with E-state index < -0.39 is 5.97 Å². The Morgan fingerprint density at radius 2 is 2.07 bits per heavy atom. The van der Waals surface area contributed by atoms with Crippen molar-refractivity contribution < 1.29 is 9.08 Å². The molecule has 0 saturated carbocycles. The van der Waals surface area contributed by atoms with Crippen molar-refractivity contribution in [3.8, 4) is 0 Å². The Labute approximate surface area is 94.7 Å². The molecule has 3 heteroatoms. The molecule has 0 heterocycles. The number of hydrogen-bond acceptors (Lipinski definition) is 2. The summed E-state index contributed by atoms with van der Waals surface area (Å²) in [6.07, 6.45) is 1.38. The molecule has 0 N–H and O–H groups in total. The van der Waals surface area contributed by atoms with Crippen LogP contribution >= 0.6 is 11.9 Å². The maximum atomic E-state index is 10.9. The fourth-order valence-corrected chi connectivity index (χ4v) is 1.58. The van der Waals surface area contributed by atoms with Crippen molar-refractivity contribution in [3.05, 3.63) is 41.0 Å². The molecule has 1 aromatic carbocycles. The van der Waals surface area contributed by atoms with Crippen molar-refractivity contribution in [2.75, 3.05) is 0 Å². The first-order chi connectivity index (χ1) is 7.04. The van der Waals surface area contributed by atoms with E-state index in [9.17, 15) is 4.79 Å². The zero-order valence-corrected chi connectivity index (χ0v) is 9.76. The molecule has 0 atom stereocenters. The van der Waals surface area contributed by atoms with E-state index in [1.807, 2.05) is 32.9 Å². The predicted molar refractivity (Wildman–Crippen MR) is 61.5 cm³/mol. The molecule has 0 saturated heterocycles. The van der Waals surface area contributed by atoms with E-state index in [0.717, 1.165) is 16.7 Å². The highest BCUT2D eigenvalue weighted by Gasteiger charge is 2.03. The van der Waals surface area contributed by atoms with Crippen molar-refractivity contribution in [1.29, 1.82) is 0 Å². The monoisotopic (exact) mass is 224 g/mol. The van der Waals surface area contributed by atoms with E-state index in [1.165, 1.54) is 11.6 Å². The highest BCUT2D eigenvalue weighted by atomic mass is 35.5. The van der Waals surface area contributed by atoms with Crippen LogP contribution in [0.2, 0.25) is 0 Å². The number of benzene rings is 1. The molecular weight excluding hydrogens is 212 g/mol. The molecule has 0 radical (unpaired) electrons. The van der Waals surface area contributed by atoms with Crippen LogP contribution in [0, 0.1) is 13.8 Å². The first kappa shape index (κ1) is 11.8. The van der Waals surface area contributed by atoms with Gasteiger partial charge in [0.25, 0.3) is 0 Å². The number of carbonyl (C=O) groups excluding carboxylic acids is 1. The number of hydrogen-bond donors (Lipinski definition) is 0. The molecule has 0 spiro atoms. The van der Waals surface area contributed by atoms with Crippen LogP contribution in [0.1, 0.15) is 23.6 Å². The number of halogens is 1. The summed E-state index contributed by atoms with van der Waals surface area (Å²) in [6, 6.07) is 6.06. The minimum absolute atomic E-state index is 0.547. The molecule has 0 amide bonds. The second-order valence-corrected chi connectivity index (χ2v) is 3.70. The van der Waals surface area contributed by atoms with Gasteiger partial charge in [-0.1, -0.05) is 23.8 Å². The van der Waals surface area contributed by atoms with Crippen molar-refractivity contribution in [2.45, 2.75) is 20.8 Å². The van der Waals surface area contributed by atoms with E-state index in [1.54, 1.807) is 0 Å². The van der Waals surface area contributed by atoms with E-state index in [-0.39, 0.29) is 0 Å². The highest BCUT2D eigenvalue weighted by molar-refractivity contribution is 6.15. The summed E-state index contributed by atoms with van der Waals surface area (Å²) in [5.41, 5.74) is 4.20. The number of aryl methyl sites for hydroxylation is 2. The van der Waals surface area contributed by atoms with Crippen molar-refractivity contribution in [2.24, 2.45) is 0 Å². The van der Waals surface area contributed by atoms with Crippen molar-refractivity contribution in [1.82, 2.24) is 0 Å².